The number of carbonyl (C=O) groups excluding carboxylic acids is 1. The molecule has 14 heavy (non-hydrogen) atoms. The fourth-order valence-corrected chi connectivity index (χ4v) is 1.33. The maximum atomic E-state index is 10.6. The van der Waals surface area contributed by atoms with Crippen LogP contribution in [0.15, 0.2) is 4.42 Å². The number of rotatable bonds is 2. The smallest absolute Gasteiger partial charge is 0.260 e. The van der Waals surface area contributed by atoms with E-state index in [1.54, 1.807) is 0 Å². The fraction of sp³-hybridized carbons (Fsp3) is 0.636. The summed E-state index contributed by atoms with van der Waals surface area (Å²) in [5.41, 5.74) is 0.805. The van der Waals surface area contributed by atoms with Gasteiger partial charge < -0.3 is 4.42 Å². The third kappa shape index (κ3) is 2.03. The molecule has 3 nitrogen and oxygen atoms in total. The SMILES string of the molecule is CC(C)c1oc(C=O)nc1C(C)(C)C. The lowest BCUT2D eigenvalue weighted by molar-refractivity contribution is 0.109. The summed E-state index contributed by atoms with van der Waals surface area (Å²) in [6, 6.07) is 0. The lowest BCUT2D eigenvalue weighted by Gasteiger charge is -2.17. The second-order valence-corrected chi connectivity index (χ2v) is 4.79. The largest absolute Gasteiger partial charge is 0.439 e. The molecule has 0 atom stereocenters. The normalized spacial score (nSPS) is 12.1. The van der Waals surface area contributed by atoms with Gasteiger partial charge in [0.05, 0.1) is 5.69 Å². The van der Waals surface area contributed by atoms with Gasteiger partial charge in [-0.25, -0.2) is 4.98 Å². The average molecular weight is 195 g/mol. The van der Waals surface area contributed by atoms with Crippen molar-refractivity contribution in [2.45, 2.75) is 46.0 Å². The third-order valence-corrected chi connectivity index (χ3v) is 2.01. The first-order valence-corrected chi connectivity index (χ1v) is 4.82. The zero-order valence-corrected chi connectivity index (χ0v) is 9.42. The Morgan fingerprint density at radius 3 is 2.21 bits per heavy atom. The van der Waals surface area contributed by atoms with Gasteiger partial charge in [0.15, 0.2) is 0 Å². The van der Waals surface area contributed by atoms with Gasteiger partial charge in [-0.3, -0.25) is 4.79 Å². The predicted octanol–water partition coefficient (Wildman–Crippen LogP) is 2.91. The number of aromatic nitrogens is 1. The number of hydrogen-bond donors (Lipinski definition) is 0. The lowest BCUT2D eigenvalue weighted by atomic mass is 9.88. The van der Waals surface area contributed by atoms with Gasteiger partial charge in [-0.15, -0.1) is 0 Å². The third-order valence-electron chi connectivity index (χ3n) is 2.01. The second-order valence-electron chi connectivity index (χ2n) is 4.79. The van der Waals surface area contributed by atoms with Crippen molar-refractivity contribution in [1.82, 2.24) is 4.98 Å². The van der Waals surface area contributed by atoms with Gasteiger partial charge in [0.25, 0.3) is 5.89 Å². The highest BCUT2D eigenvalue weighted by Gasteiger charge is 2.25. The van der Waals surface area contributed by atoms with Crippen molar-refractivity contribution in [2.24, 2.45) is 0 Å². The van der Waals surface area contributed by atoms with Crippen LogP contribution in [0.2, 0.25) is 0 Å². The summed E-state index contributed by atoms with van der Waals surface area (Å²) in [7, 11) is 0. The molecule has 78 valence electrons. The predicted molar refractivity (Wildman–Crippen MR) is 54.7 cm³/mol. The van der Waals surface area contributed by atoms with Crippen LogP contribution < -0.4 is 0 Å². The molecular formula is C11H17NO2. The summed E-state index contributed by atoms with van der Waals surface area (Å²) in [5.74, 6) is 1.25. The van der Waals surface area contributed by atoms with E-state index in [2.05, 4.69) is 25.8 Å². The molecule has 1 aromatic rings. The van der Waals surface area contributed by atoms with Gasteiger partial charge in [0.2, 0.25) is 6.29 Å². The summed E-state index contributed by atoms with van der Waals surface area (Å²) in [4.78, 5) is 14.8. The molecule has 0 amide bonds. The molecule has 0 aliphatic heterocycles. The Kier molecular flexibility index (Phi) is 2.79. The van der Waals surface area contributed by atoms with Gasteiger partial charge >= 0.3 is 0 Å². The van der Waals surface area contributed by atoms with Gasteiger partial charge in [0.1, 0.15) is 5.76 Å². The zero-order valence-electron chi connectivity index (χ0n) is 9.42. The number of oxazole rings is 1. The van der Waals surface area contributed by atoms with E-state index in [4.69, 9.17) is 4.42 Å². The molecule has 0 aromatic carbocycles. The lowest BCUT2D eigenvalue weighted by Crippen LogP contribution is -2.14. The van der Waals surface area contributed by atoms with E-state index in [0.717, 1.165) is 11.5 Å². The fourth-order valence-electron chi connectivity index (χ4n) is 1.33. The van der Waals surface area contributed by atoms with Gasteiger partial charge in [-0.2, -0.15) is 0 Å². The molecule has 0 bridgehead atoms. The summed E-state index contributed by atoms with van der Waals surface area (Å²) in [6.45, 7) is 10.2. The molecule has 0 N–H and O–H groups in total. The van der Waals surface area contributed by atoms with Crippen LogP contribution in [-0.2, 0) is 5.41 Å². The Hall–Kier alpha value is -1.12. The van der Waals surface area contributed by atoms with Gasteiger partial charge in [0, 0.05) is 11.3 Å². The standard InChI is InChI=1S/C11H17NO2/c1-7(2)9-10(11(3,4)5)12-8(6-13)14-9/h6-7H,1-5H3. The number of aldehydes is 1. The van der Waals surface area contributed by atoms with Crippen LogP contribution in [0.1, 0.15) is 62.7 Å². The first-order valence-electron chi connectivity index (χ1n) is 4.82. The summed E-state index contributed by atoms with van der Waals surface area (Å²) in [5, 5.41) is 0. The van der Waals surface area contributed by atoms with E-state index in [1.165, 1.54) is 0 Å². The first-order chi connectivity index (χ1) is 6.36. The average Bonchev–Trinajstić information content (AvgIpc) is 2.46. The van der Waals surface area contributed by atoms with E-state index < -0.39 is 0 Å². The van der Waals surface area contributed by atoms with Crippen LogP contribution in [0, 0.1) is 0 Å². The Balaban J connectivity index is 3.26. The Morgan fingerprint density at radius 2 is 1.93 bits per heavy atom. The molecule has 0 radical (unpaired) electrons. The molecule has 1 aromatic heterocycles. The van der Waals surface area contributed by atoms with Crippen molar-refractivity contribution in [1.29, 1.82) is 0 Å². The minimum Gasteiger partial charge on any atom is -0.439 e. The second kappa shape index (κ2) is 3.56. The van der Waals surface area contributed by atoms with Crippen LogP contribution >= 0.6 is 0 Å². The molecule has 3 heteroatoms. The van der Waals surface area contributed by atoms with Crippen LogP contribution in [-0.4, -0.2) is 11.3 Å². The van der Waals surface area contributed by atoms with Crippen molar-refractivity contribution >= 4 is 6.29 Å². The minimum absolute atomic E-state index is 0.0790. The van der Waals surface area contributed by atoms with E-state index in [-0.39, 0.29) is 17.2 Å². The minimum atomic E-state index is -0.0790. The highest BCUT2D eigenvalue weighted by molar-refractivity contribution is 5.67. The number of hydrogen-bond acceptors (Lipinski definition) is 3. The maximum absolute atomic E-state index is 10.6. The van der Waals surface area contributed by atoms with Crippen LogP contribution in [0.25, 0.3) is 0 Å². The van der Waals surface area contributed by atoms with Gasteiger partial charge in [-0.05, 0) is 0 Å². The molecule has 0 spiro atoms. The van der Waals surface area contributed by atoms with Crippen molar-refractivity contribution in [2.75, 3.05) is 0 Å². The molecule has 0 saturated heterocycles. The van der Waals surface area contributed by atoms with Crippen molar-refractivity contribution < 1.29 is 9.21 Å². The van der Waals surface area contributed by atoms with Crippen LogP contribution in [0.5, 0.6) is 0 Å². The summed E-state index contributed by atoms with van der Waals surface area (Å²) >= 11 is 0. The van der Waals surface area contributed by atoms with E-state index in [9.17, 15) is 4.79 Å². The van der Waals surface area contributed by atoms with E-state index in [1.807, 2.05) is 13.8 Å². The Labute approximate surface area is 84.5 Å². The highest BCUT2D eigenvalue weighted by Crippen LogP contribution is 2.30. The van der Waals surface area contributed by atoms with Crippen molar-refractivity contribution in [3.05, 3.63) is 17.3 Å². The first kappa shape index (κ1) is 11.0. The maximum Gasteiger partial charge on any atom is 0.260 e. The van der Waals surface area contributed by atoms with Crippen molar-refractivity contribution in [3.8, 4) is 0 Å². The Morgan fingerprint density at radius 1 is 1.36 bits per heavy atom. The molecule has 1 heterocycles. The molecule has 0 aliphatic carbocycles. The summed E-state index contributed by atoms with van der Waals surface area (Å²) in [6.07, 6.45) is 0.654. The molecule has 1 rings (SSSR count). The zero-order chi connectivity index (χ0) is 10.9. The Bertz CT molecular complexity index is 332. The number of nitrogens with zero attached hydrogens (tertiary/aromatic N) is 1. The molecule has 0 fully saturated rings. The molecule has 0 aliphatic rings. The quantitative estimate of drug-likeness (QED) is 0.681. The topological polar surface area (TPSA) is 43.1 Å². The van der Waals surface area contributed by atoms with Crippen molar-refractivity contribution in [3.63, 3.8) is 0 Å². The highest BCUT2D eigenvalue weighted by atomic mass is 16.4. The van der Waals surface area contributed by atoms with Crippen LogP contribution in [0.4, 0.5) is 0 Å². The number of carbonyl (C=O) groups is 1. The molecule has 0 saturated carbocycles. The molecule has 0 unspecified atom stereocenters. The summed E-state index contributed by atoms with van der Waals surface area (Å²) < 4.78 is 5.37. The molecular weight excluding hydrogens is 178 g/mol. The van der Waals surface area contributed by atoms with Crippen LogP contribution in [0.3, 0.4) is 0 Å². The monoisotopic (exact) mass is 195 g/mol. The van der Waals surface area contributed by atoms with Gasteiger partial charge in [-0.1, -0.05) is 34.6 Å². The van der Waals surface area contributed by atoms with E-state index >= 15 is 0 Å². The van der Waals surface area contributed by atoms with E-state index in [0.29, 0.717) is 6.29 Å².